The van der Waals surface area contributed by atoms with Crippen LogP contribution in [0.2, 0.25) is 0 Å². The molecule has 0 saturated carbocycles. The van der Waals surface area contributed by atoms with Crippen LogP contribution in [0, 0.1) is 0 Å². The predicted molar refractivity (Wildman–Crippen MR) is 54.7 cm³/mol. The largest absolute Gasteiger partial charge is 0.465 e. The van der Waals surface area contributed by atoms with Crippen LogP contribution in [0.1, 0.15) is 17.3 Å². The normalized spacial score (nSPS) is 11.1. The number of amidine groups is 1. The highest BCUT2D eigenvalue weighted by Gasteiger charge is 2.03. The summed E-state index contributed by atoms with van der Waals surface area (Å²) in [6.45, 7) is 1.70. The molecule has 0 amide bonds. The quantitative estimate of drug-likeness (QED) is 0.438. The number of hydrogen-bond acceptors (Lipinski definition) is 3. The fourth-order valence-corrected chi connectivity index (χ4v) is 0.994. The molecule has 4 nitrogen and oxygen atoms in total. The standard InChI is InChI=1S/C10H12N2O2/c1-7(11)12-9-5-3-8(4-6-9)10(13)14-2/h3-6H,1-2H3,(H2,11,12). The Morgan fingerprint density at radius 2 is 1.93 bits per heavy atom. The summed E-state index contributed by atoms with van der Waals surface area (Å²) >= 11 is 0. The highest BCUT2D eigenvalue weighted by atomic mass is 16.5. The van der Waals surface area contributed by atoms with Crippen molar-refractivity contribution in [2.24, 2.45) is 10.7 Å². The van der Waals surface area contributed by atoms with E-state index in [-0.39, 0.29) is 5.97 Å². The van der Waals surface area contributed by atoms with Crippen LogP contribution >= 0.6 is 0 Å². The van der Waals surface area contributed by atoms with Gasteiger partial charge in [-0.15, -0.1) is 0 Å². The van der Waals surface area contributed by atoms with Gasteiger partial charge in [0.1, 0.15) is 0 Å². The molecule has 1 aromatic carbocycles. The second-order valence-electron chi connectivity index (χ2n) is 2.79. The fourth-order valence-electron chi connectivity index (χ4n) is 0.994. The molecule has 0 fully saturated rings. The monoisotopic (exact) mass is 192 g/mol. The Morgan fingerprint density at radius 3 is 2.36 bits per heavy atom. The van der Waals surface area contributed by atoms with Crippen molar-refractivity contribution in [1.82, 2.24) is 0 Å². The summed E-state index contributed by atoms with van der Waals surface area (Å²) in [6, 6.07) is 6.71. The number of methoxy groups -OCH3 is 1. The number of nitrogens with zero attached hydrogens (tertiary/aromatic N) is 1. The number of hydrogen-bond donors (Lipinski definition) is 1. The van der Waals surface area contributed by atoms with E-state index in [1.54, 1.807) is 31.2 Å². The minimum atomic E-state index is -0.356. The first-order chi connectivity index (χ1) is 6.63. The molecule has 0 aliphatic rings. The molecular weight excluding hydrogens is 180 g/mol. The Hall–Kier alpha value is -1.84. The molecule has 0 atom stereocenters. The van der Waals surface area contributed by atoms with Crippen molar-refractivity contribution in [2.45, 2.75) is 6.92 Å². The van der Waals surface area contributed by atoms with Gasteiger partial charge in [-0.05, 0) is 31.2 Å². The molecule has 0 aliphatic carbocycles. The minimum Gasteiger partial charge on any atom is -0.465 e. The second kappa shape index (κ2) is 4.41. The highest BCUT2D eigenvalue weighted by Crippen LogP contribution is 2.13. The Morgan fingerprint density at radius 1 is 1.36 bits per heavy atom. The number of carbonyl (C=O) groups excluding carboxylic acids is 1. The van der Waals surface area contributed by atoms with Crippen LogP contribution in [0.5, 0.6) is 0 Å². The Balaban J connectivity index is 2.89. The van der Waals surface area contributed by atoms with Crippen molar-refractivity contribution in [3.05, 3.63) is 29.8 Å². The zero-order valence-electron chi connectivity index (χ0n) is 8.15. The van der Waals surface area contributed by atoms with Crippen molar-refractivity contribution < 1.29 is 9.53 Å². The molecule has 0 saturated heterocycles. The van der Waals surface area contributed by atoms with Gasteiger partial charge in [-0.2, -0.15) is 0 Å². The van der Waals surface area contributed by atoms with E-state index in [1.807, 2.05) is 0 Å². The minimum absolute atomic E-state index is 0.356. The number of ether oxygens (including phenoxy) is 1. The number of nitrogens with two attached hydrogens (primary N) is 1. The number of esters is 1. The van der Waals surface area contributed by atoms with Crippen molar-refractivity contribution >= 4 is 17.5 Å². The summed E-state index contributed by atoms with van der Waals surface area (Å²) in [7, 11) is 1.35. The van der Waals surface area contributed by atoms with Gasteiger partial charge in [-0.3, -0.25) is 0 Å². The zero-order chi connectivity index (χ0) is 10.6. The maximum Gasteiger partial charge on any atom is 0.337 e. The molecule has 0 aliphatic heterocycles. The van der Waals surface area contributed by atoms with Gasteiger partial charge in [0.15, 0.2) is 0 Å². The Bertz CT molecular complexity index is 351. The second-order valence-corrected chi connectivity index (χ2v) is 2.79. The average molecular weight is 192 g/mol. The number of aliphatic imine (C=N–C) groups is 1. The van der Waals surface area contributed by atoms with Gasteiger partial charge in [0.25, 0.3) is 0 Å². The van der Waals surface area contributed by atoms with E-state index in [0.29, 0.717) is 11.4 Å². The van der Waals surface area contributed by atoms with Gasteiger partial charge in [0.05, 0.1) is 24.2 Å². The lowest BCUT2D eigenvalue weighted by molar-refractivity contribution is 0.0601. The summed E-state index contributed by atoms with van der Waals surface area (Å²) in [6.07, 6.45) is 0. The van der Waals surface area contributed by atoms with E-state index in [4.69, 9.17) is 5.73 Å². The zero-order valence-corrected chi connectivity index (χ0v) is 8.15. The first-order valence-corrected chi connectivity index (χ1v) is 4.12. The molecule has 1 aromatic rings. The first-order valence-electron chi connectivity index (χ1n) is 4.12. The van der Waals surface area contributed by atoms with E-state index >= 15 is 0 Å². The smallest absolute Gasteiger partial charge is 0.337 e. The van der Waals surface area contributed by atoms with E-state index in [2.05, 4.69) is 9.73 Å². The van der Waals surface area contributed by atoms with Gasteiger partial charge in [0.2, 0.25) is 0 Å². The van der Waals surface area contributed by atoms with Crippen LogP contribution in [-0.4, -0.2) is 18.9 Å². The topological polar surface area (TPSA) is 64.7 Å². The molecule has 1 rings (SSSR count). The SMILES string of the molecule is COC(=O)c1ccc(N=C(C)N)cc1. The summed E-state index contributed by atoms with van der Waals surface area (Å²) in [5.74, 6) is 0.126. The van der Waals surface area contributed by atoms with Crippen molar-refractivity contribution in [3.63, 3.8) is 0 Å². The van der Waals surface area contributed by atoms with Crippen LogP contribution in [-0.2, 0) is 4.74 Å². The molecule has 0 radical (unpaired) electrons. The lowest BCUT2D eigenvalue weighted by Gasteiger charge is -1.99. The molecule has 2 N–H and O–H groups in total. The lowest BCUT2D eigenvalue weighted by atomic mass is 10.2. The fraction of sp³-hybridized carbons (Fsp3) is 0.200. The molecule has 14 heavy (non-hydrogen) atoms. The third-order valence-electron chi connectivity index (χ3n) is 1.59. The van der Waals surface area contributed by atoms with Crippen molar-refractivity contribution in [1.29, 1.82) is 0 Å². The third-order valence-corrected chi connectivity index (χ3v) is 1.59. The molecule has 4 heteroatoms. The van der Waals surface area contributed by atoms with E-state index in [0.717, 1.165) is 5.69 Å². The number of rotatable bonds is 2. The van der Waals surface area contributed by atoms with Gasteiger partial charge < -0.3 is 10.5 Å². The van der Waals surface area contributed by atoms with Crippen molar-refractivity contribution in [2.75, 3.05) is 7.11 Å². The van der Waals surface area contributed by atoms with Crippen LogP contribution < -0.4 is 5.73 Å². The Kier molecular flexibility index (Phi) is 3.23. The molecule has 0 unspecified atom stereocenters. The molecule has 0 aromatic heterocycles. The summed E-state index contributed by atoms with van der Waals surface area (Å²) in [4.78, 5) is 15.1. The number of benzene rings is 1. The average Bonchev–Trinajstić information content (AvgIpc) is 2.17. The number of carbonyl (C=O) groups is 1. The van der Waals surface area contributed by atoms with Gasteiger partial charge in [0, 0.05) is 0 Å². The summed E-state index contributed by atoms with van der Waals surface area (Å²) in [5, 5.41) is 0. The molecule has 74 valence electrons. The van der Waals surface area contributed by atoms with Gasteiger partial charge in [-0.25, -0.2) is 9.79 Å². The third kappa shape index (κ3) is 2.58. The van der Waals surface area contributed by atoms with Gasteiger partial charge >= 0.3 is 5.97 Å². The van der Waals surface area contributed by atoms with Crippen LogP contribution in [0.15, 0.2) is 29.3 Å². The molecule has 0 bridgehead atoms. The van der Waals surface area contributed by atoms with E-state index in [9.17, 15) is 4.79 Å². The van der Waals surface area contributed by atoms with Crippen LogP contribution in [0.25, 0.3) is 0 Å². The highest BCUT2D eigenvalue weighted by molar-refractivity contribution is 5.89. The lowest BCUT2D eigenvalue weighted by Crippen LogP contribution is -2.04. The van der Waals surface area contributed by atoms with Gasteiger partial charge in [-0.1, -0.05) is 0 Å². The first kappa shape index (κ1) is 10.2. The van der Waals surface area contributed by atoms with Crippen LogP contribution in [0.3, 0.4) is 0 Å². The van der Waals surface area contributed by atoms with Crippen molar-refractivity contribution in [3.8, 4) is 0 Å². The maximum absolute atomic E-state index is 11.1. The maximum atomic E-state index is 11.1. The molecule has 0 spiro atoms. The molecule has 0 heterocycles. The summed E-state index contributed by atoms with van der Waals surface area (Å²) < 4.78 is 4.56. The van der Waals surface area contributed by atoms with Crippen LogP contribution in [0.4, 0.5) is 5.69 Å². The Labute approximate surface area is 82.4 Å². The van der Waals surface area contributed by atoms with E-state index < -0.39 is 0 Å². The van der Waals surface area contributed by atoms with E-state index in [1.165, 1.54) is 7.11 Å². The summed E-state index contributed by atoms with van der Waals surface area (Å²) in [5.41, 5.74) is 6.63. The predicted octanol–water partition coefficient (Wildman–Crippen LogP) is 1.48. The molecular formula is C10H12N2O2.